The molecule has 0 aromatic heterocycles. The van der Waals surface area contributed by atoms with Gasteiger partial charge < -0.3 is 15.7 Å². The molecule has 2 saturated heterocycles. The fourth-order valence-electron chi connectivity index (χ4n) is 3.30. The molecular weight excluding hydrogens is 220 g/mol. The SMILES string of the molecule is CC(N)C(=O)N1C2CCC1CC(CC(=O)O)C2. The summed E-state index contributed by atoms with van der Waals surface area (Å²) in [6.07, 6.45) is 3.87. The normalized spacial score (nSPS) is 33.5. The zero-order valence-corrected chi connectivity index (χ0v) is 10.1. The molecule has 5 heteroatoms. The van der Waals surface area contributed by atoms with Crippen LogP contribution < -0.4 is 5.73 Å². The number of amides is 1. The maximum atomic E-state index is 12.0. The molecule has 2 aliphatic rings. The first-order valence-electron chi connectivity index (χ1n) is 6.28. The lowest BCUT2D eigenvalue weighted by molar-refractivity contribution is -0.140. The van der Waals surface area contributed by atoms with Crippen molar-refractivity contribution in [3.8, 4) is 0 Å². The summed E-state index contributed by atoms with van der Waals surface area (Å²) in [5.41, 5.74) is 5.65. The van der Waals surface area contributed by atoms with Crippen molar-refractivity contribution in [2.75, 3.05) is 0 Å². The van der Waals surface area contributed by atoms with Crippen LogP contribution in [0.4, 0.5) is 0 Å². The van der Waals surface area contributed by atoms with E-state index >= 15 is 0 Å². The summed E-state index contributed by atoms with van der Waals surface area (Å²) in [7, 11) is 0. The van der Waals surface area contributed by atoms with Gasteiger partial charge in [-0.25, -0.2) is 0 Å². The Morgan fingerprint density at radius 2 is 1.88 bits per heavy atom. The predicted octanol–water partition coefficient (Wildman–Crippen LogP) is 0.578. The van der Waals surface area contributed by atoms with Gasteiger partial charge in [-0.3, -0.25) is 9.59 Å². The number of carboxylic acid groups (broad SMARTS) is 1. The molecule has 5 nitrogen and oxygen atoms in total. The van der Waals surface area contributed by atoms with Gasteiger partial charge in [-0.2, -0.15) is 0 Å². The first-order valence-corrected chi connectivity index (χ1v) is 6.28. The van der Waals surface area contributed by atoms with Crippen molar-refractivity contribution < 1.29 is 14.7 Å². The Kier molecular flexibility index (Phi) is 3.38. The molecule has 2 rings (SSSR count). The van der Waals surface area contributed by atoms with Crippen molar-refractivity contribution in [2.45, 2.75) is 57.2 Å². The number of piperidine rings is 1. The van der Waals surface area contributed by atoms with Crippen molar-refractivity contribution in [3.63, 3.8) is 0 Å². The Morgan fingerprint density at radius 1 is 1.35 bits per heavy atom. The van der Waals surface area contributed by atoms with E-state index in [-0.39, 0.29) is 30.3 Å². The minimum Gasteiger partial charge on any atom is -0.481 e. The molecule has 0 saturated carbocycles. The maximum absolute atomic E-state index is 12.0. The van der Waals surface area contributed by atoms with Crippen LogP contribution in [0.25, 0.3) is 0 Å². The third-order valence-electron chi connectivity index (χ3n) is 3.94. The number of hydrogen-bond acceptors (Lipinski definition) is 3. The van der Waals surface area contributed by atoms with Crippen LogP contribution in [0.5, 0.6) is 0 Å². The highest BCUT2D eigenvalue weighted by molar-refractivity contribution is 5.82. The summed E-state index contributed by atoms with van der Waals surface area (Å²) in [4.78, 5) is 24.6. The second-order valence-corrected chi connectivity index (χ2v) is 5.35. The molecule has 2 fully saturated rings. The van der Waals surface area contributed by atoms with Gasteiger partial charge >= 0.3 is 5.97 Å². The fraction of sp³-hybridized carbons (Fsp3) is 0.833. The number of carbonyl (C=O) groups excluding carboxylic acids is 1. The van der Waals surface area contributed by atoms with Gasteiger partial charge in [0.05, 0.1) is 6.04 Å². The number of nitrogens with two attached hydrogens (primary N) is 1. The number of rotatable bonds is 3. The Balaban J connectivity index is 2.03. The molecule has 3 N–H and O–H groups in total. The molecule has 17 heavy (non-hydrogen) atoms. The number of carbonyl (C=O) groups is 2. The Bertz CT molecular complexity index is 316. The number of hydrogen-bond donors (Lipinski definition) is 2. The molecule has 0 radical (unpaired) electrons. The van der Waals surface area contributed by atoms with Crippen LogP contribution in [-0.4, -0.2) is 40.0 Å². The van der Waals surface area contributed by atoms with Crippen molar-refractivity contribution in [2.24, 2.45) is 11.7 Å². The topological polar surface area (TPSA) is 83.6 Å². The monoisotopic (exact) mass is 240 g/mol. The molecule has 0 aromatic rings. The van der Waals surface area contributed by atoms with Gasteiger partial charge in [0.25, 0.3) is 0 Å². The zero-order valence-electron chi connectivity index (χ0n) is 10.1. The molecule has 0 spiro atoms. The number of aliphatic carboxylic acids is 1. The molecule has 3 unspecified atom stereocenters. The highest BCUT2D eigenvalue weighted by Gasteiger charge is 2.43. The van der Waals surface area contributed by atoms with Gasteiger partial charge in [0.1, 0.15) is 0 Å². The summed E-state index contributed by atoms with van der Waals surface area (Å²) >= 11 is 0. The van der Waals surface area contributed by atoms with Gasteiger partial charge in [-0.1, -0.05) is 0 Å². The lowest BCUT2D eigenvalue weighted by atomic mass is 9.88. The van der Waals surface area contributed by atoms with Crippen molar-refractivity contribution in [1.82, 2.24) is 4.90 Å². The van der Waals surface area contributed by atoms with Gasteiger partial charge in [0, 0.05) is 18.5 Å². The van der Waals surface area contributed by atoms with Crippen molar-refractivity contribution >= 4 is 11.9 Å². The van der Waals surface area contributed by atoms with Crippen LogP contribution in [0, 0.1) is 5.92 Å². The minimum absolute atomic E-state index is 0.0197. The molecule has 96 valence electrons. The average molecular weight is 240 g/mol. The van der Waals surface area contributed by atoms with E-state index in [1.807, 2.05) is 4.90 Å². The van der Waals surface area contributed by atoms with Crippen LogP contribution in [0.3, 0.4) is 0 Å². The van der Waals surface area contributed by atoms with E-state index in [2.05, 4.69) is 0 Å². The van der Waals surface area contributed by atoms with Crippen molar-refractivity contribution in [3.05, 3.63) is 0 Å². The maximum Gasteiger partial charge on any atom is 0.303 e. The predicted molar refractivity (Wildman–Crippen MR) is 62.3 cm³/mol. The van der Waals surface area contributed by atoms with Gasteiger partial charge in [-0.05, 0) is 38.5 Å². The molecular formula is C12H20N2O3. The number of carboxylic acids is 1. The van der Waals surface area contributed by atoms with E-state index in [9.17, 15) is 9.59 Å². The Hall–Kier alpha value is -1.10. The highest BCUT2D eigenvalue weighted by Crippen LogP contribution is 2.40. The lowest BCUT2D eigenvalue weighted by Crippen LogP contribution is -2.51. The van der Waals surface area contributed by atoms with E-state index in [1.54, 1.807) is 6.92 Å². The summed E-state index contributed by atoms with van der Waals surface area (Å²) in [6.45, 7) is 1.71. The van der Waals surface area contributed by atoms with Crippen molar-refractivity contribution in [1.29, 1.82) is 0 Å². The third kappa shape index (κ3) is 2.44. The van der Waals surface area contributed by atoms with Crippen LogP contribution in [0.1, 0.15) is 39.0 Å². The standard InChI is InChI=1S/C12H20N2O3/c1-7(13)12(17)14-9-2-3-10(14)5-8(4-9)6-11(15)16/h7-10H,2-6,13H2,1H3,(H,15,16). The third-order valence-corrected chi connectivity index (χ3v) is 3.94. The number of nitrogens with zero attached hydrogens (tertiary/aromatic N) is 1. The van der Waals surface area contributed by atoms with Crippen LogP contribution >= 0.6 is 0 Å². The second kappa shape index (κ2) is 4.64. The smallest absolute Gasteiger partial charge is 0.303 e. The Labute approximate surface area is 101 Å². The quantitative estimate of drug-likeness (QED) is 0.755. The molecule has 0 aromatic carbocycles. The Morgan fingerprint density at radius 3 is 2.29 bits per heavy atom. The van der Waals surface area contributed by atoms with E-state index in [0.717, 1.165) is 25.7 Å². The van der Waals surface area contributed by atoms with E-state index in [1.165, 1.54) is 0 Å². The molecule has 2 heterocycles. The summed E-state index contributed by atoms with van der Waals surface area (Å²) < 4.78 is 0. The first-order chi connectivity index (χ1) is 7.99. The van der Waals surface area contributed by atoms with Crippen LogP contribution in [0.15, 0.2) is 0 Å². The van der Waals surface area contributed by atoms with E-state index in [4.69, 9.17) is 10.8 Å². The summed E-state index contributed by atoms with van der Waals surface area (Å²) in [5.74, 6) is -0.491. The second-order valence-electron chi connectivity index (χ2n) is 5.35. The first kappa shape index (κ1) is 12.4. The van der Waals surface area contributed by atoms with Gasteiger partial charge in [-0.15, -0.1) is 0 Å². The molecule has 0 aliphatic carbocycles. The summed E-state index contributed by atoms with van der Waals surface area (Å²) in [5, 5.41) is 8.82. The lowest BCUT2D eigenvalue weighted by Gasteiger charge is -2.39. The molecule has 3 atom stereocenters. The largest absolute Gasteiger partial charge is 0.481 e. The van der Waals surface area contributed by atoms with Gasteiger partial charge in [0.2, 0.25) is 5.91 Å². The van der Waals surface area contributed by atoms with Crippen LogP contribution in [-0.2, 0) is 9.59 Å². The molecule has 2 bridgehead atoms. The van der Waals surface area contributed by atoms with Gasteiger partial charge in [0.15, 0.2) is 0 Å². The highest BCUT2D eigenvalue weighted by atomic mass is 16.4. The van der Waals surface area contributed by atoms with Crippen LogP contribution in [0.2, 0.25) is 0 Å². The number of fused-ring (bicyclic) bond motifs is 2. The average Bonchev–Trinajstić information content (AvgIpc) is 2.48. The summed E-state index contributed by atoms with van der Waals surface area (Å²) in [6, 6.07) is -0.0117. The van der Waals surface area contributed by atoms with E-state index in [0.29, 0.717) is 0 Å². The fourth-order valence-corrected chi connectivity index (χ4v) is 3.30. The van der Waals surface area contributed by atoms with E-state index < -0.39 is 12.0 Å². The molecule has 2 aliphatic heterocycles. The zero-order chi connectivity index (χ0) is 12.6. The minimum atomic E-state index is -0.735. The molecule has 1 amide bonds.